The second kappa shape index (κ2) is 8.12. The molecular weight excluding hydrogens is 450 g/mol. The van der Waals surface area contributed by atoms with Crippen molar-refractivity contribution in [2.75, 3.05) is 5.32 Å². The van der Waals surface area contributed by atoms with Gasteiger partial charge < -0.3 is 10.1 Å². The minimum absolute atomic E-state index is 0.0183. The second-order valence-corrected chi connectivity index (χ2v) is 8.59. The predicted octanol–water partition coefficient (Wildman–Crippen LogP) is 4.37. The predicted molar refractivity (Wildman–Crippen MR) is 112 cm³/mol. The Morgan fingerprint density at radius 3 is 2.68 bits per heavy atom. The van der Waals surface area contributed by atoms with Gasteiger partial charge in [-0.15, -0.1) is 0 Å². The molecule has 0 radical (unpaired) electrons. The number of halogens is 3. The molecule has 0 saturated carbocycles. The molecule has 0 unspecified atom stereocenters. The van der Waals surface area contributed by atoms with Crippen molar-refractivity contribution in [1.82, 2.24) is 9.71 Å². The van der Waals surface area contributed by atoms with E-state index >= 15 is 0 Å². The molecular formula is C20H15ClF2N4O3S. The molecule has 11 heteroatoms. The first-order chi connectivity index (χ1) is 14.8. The topological polar surface area (TPSA) is 92.7 Å². The lowest BCUT2D eigenvalue weighted by atomic mass is 10.2. The maximum absolute atomic E-state index is 14.8. The number of benzene rings is 2. The van der Waals surface area contributed by atoms with Crippen molar-refractivity contribution in [3.05, 3.63) is 76.6 Å². The molecule has 4 rings (SSSR count). The Morgan fingerprint density at radius 2 is 1.94 bits per heavy atom. The third-order valence-corrected chi connectivity index (χ3v) is 6.22. The van der Waals surface area contributed by atoms with Gasteiger partial charge >= 0.3 is 0 Å². The van der Waals surface area contributed by atoms with E-state index in [0.717, 1.165) is 6.07 Å². The molecule has 3 aromatic rings. The number of anilines is 1. The summed E-state index contributed by atoms with van der Waals surface area (Å²) in [6.45, 7) is 1.20. The average Bonchev–Trinajstić information content (AvgIpc) is 2.70. The van der Waals surface area contributed by atoms with Crippen LogP contribution < -0.4 is 14.8 Å². The maximum Gasteiger partial charge on any atom is 0.266 e. The number of para-hydroxylation sites is 1. The number of nitrogens with one attached hydrogen (secondary N) is 2. The highest BCUT2D eigenvalue weighted by Crippen LogP contribution is 2.42. The summed E-state index contributed by atoms with van der Waals surface area (Å²) in [4.78, 5) is 7.72. The minimum atomic E-state index is -4.12. The van der Waals surface area contributed by atoms with Gasteiger partial charge in [-0.3, -0.25) is 4.98 Å². The Hall–Kier alpha value is -3.24. The molecule has 0 amide bonds. The molecule has 2 heterocycles. The smallest absolute Gasteiger partial charge is 0.266 e. The molecule has 2 N–H and O–H groups in total. The van der Waals surface area contributed by atoms with Gasteiger partial charge in [0.1, 0.15) is 22.1 Å². The Balaban J connectivity index is 1.78. The van der Waals surface area contributed by atoms with Crippen molar-refractivity contribution < 1.29 is 21.9 Å². The number of aryl methyl sites for hydroxylation is 1. The molecule has 160 valence electrons. The van der Waals surface area contributed by atoms with E-state index in [1.54, 1.807) is 18.2 Å². The van der Waals surface area contributed by atoms with Gasteiger partial charge in [0.25, 0.3) is 10.0 Å². The molecule has 0 spiro atoms. The fourth-order valence-corrected chi connectivity index (χ4v) is 4.56. The number of fused-ring (bicyclic) bond motifs is 1. The van der Waals surface area contributed by atoms with Crippen LogP contribution in [0, 0.1) is 18.6 Å². The Morgan fingerprint density at radius 1 is 1.16 bits per heavy atom. The van der Waals surface area contributed by atoms with E-state index < -0.39 is 21.7 Å². The van der Waals surface area contributed by atoms with Crippen molar-refractivity contribution >= 4 is 33.3 Å². The van der Waals surface area contributed by atoms with Gasteiger partial charge in [-0.1, -0.05) is 23.7 Å². The van der Waals surface area contributed by atoms with Crippen LogP contribution in [0.15, 0.2) is 58.5 Å². The molecule has 2 aromatic carbocycles. The number of nitrogens with zero attached hydrogens (tertiary/aromatic N) is 2. The molecule has 31 heavy (non-hydrogen) atoms. The fraction of sp³-hybridized carbons (Fsp3) is 0.100. The second-order valence-electron chi connectivity index (χ2n) is 6.57. The highest BCUT2D eigenvalue weighted by molar-refractivity contribution is 7.90. The number of aromatic nitrogens is 1. The lowest BCUT2D eigenvalue weighted by Gasteiger charge is -2.25. The quantitative estimate of drug-likeness (QED) is 0.598. The lowest BCUT2D eigenvalue weighted by molar-refractivity contribution is 0.442. The third-order valence-electron chi connectivity index (χ3n) is 4.39. The van der Waals surface area contributed by atoms with Crippen LogP contribution in [0.3, 0.4) is 0 Å². The molecule has 0 aliphatic carbocycles. The zero-order valence-corrected chi connectivity index (χ0v) is 17.6. The van der Waals surface area contributed by atoms with E-state index in [9.17, 15) is 17.2 Å². The van der Waals surface area contributed by atoms with E-state index in [1.807, 2.05) is 0 Å². The molecule has 0 bridgehead atoms. The number of ether oxygens (including phenoxy) is 1. The van der Waals surface area contributed by atoms with Crippen molar-refractivity contribution in [2.24, 2.45) is 4.99 Å². The van der Waals surface area contributed by atoms with Gasteiger partial charge in [-0.2, -0.15) is 0 Å². The minimum Gasteiger partial charge on any atom is -0.450 e. The summed E-state index contributed by atoms with van der Waals surface area (Å²) in [7, 11) is -4.12. The van der Waals surface area contributed by atoms with Crippen molar-refractivity contribution in [3.63, 3.8) is 0 Å². The van der Waals surface area contributed by atoms with Crippen LogP contribution in [0.1, 0.15) is 11.3 Å². The van der Waals surface area contributed by atoms with Crippen LogP contribution in [0.4, 0.5) is 14.5 Å². The molecule has 0 atom stereocenters. The monoisotopic (exact) mass is 464 g/mol. The third kappa shape index (κ3) is 4.17. The molecule has 0 fully saturated rings. The number of hydrogen-bond acceptors (Lipinski definition) is 5. The molecule has 1 aliphatic heterocycles. The van der Waals surface area contributed by atoms with Gasteiger partial charge in [0.2, 0.25) is 5.96 Å². The van der Waals surface area contributed by atoms with Crippen LogP contribution in [-0.2, 0) is 16.6 Å². The molecule has 1 aliphatic rings. The van der Waals surface area contributed by atoms with Crippen LogP contribution in [-0.4, -0.2) is 19.4 Å². The van der Waals surface area contributed by atoms with Crippen LogP contribution in [0.25, 0.3) is 0 Å². The van der Waals surface area contributed by atoms with Crippen LogP contribution >= 0.6 is 11.6 Å². The summed E-state index contributed by atoms with van der Waals surface area (Å²) in [5.74, 6) is -1.84. The zero-order valence-electron chi connectivity index (χ0n) is 16.0. The first-order valence-electron chi connectivity index (χ1n) is 8.95. The van der Waals surface area contributed by atoms with Crippen molar-refractivity contribution in [3.8, 4) is 11.5 Å². The van der Waals surface area contributed by atoms with Gasteiger partial charge in [0.05, 0.1) is 17.3 Å². The lowest BCUT2D eigenvalue weighted by Crippen LogP contribution is -2.41. The molecule has 0 saturated heterocycles. The number of guanidine groups is 1. The summed E-state index contributed by atoms with van der Waals surface area (Å²) in [5.41, 5.74) is 0.0370. The summed E-state index contributed by atoms with van der Waals surface area (Å²) < 4.78 is 62.2. The molecule has 7 nitrogen and oxygen atoms in total. The van der Waals surface area contributed by atoms with Crippen molar-refractivity contribution in [2.45, 2.75) is 18.4 Å². The van der Waals surface area contributed by atoms with Gasteiger partial charge in [0, 0.05) is 6.20 Å². The average molecular weight is 465 g/mol. The van der Waals surface area contributed by atoms with E-state index in [-0.39, 0.29) is 50.9 Å². The Labute approximate surface area is 181 Å². The van der Waals surface area contributed by atoms with Gasteiger partial charge in [-0.25, -0.2) is 26.9 Å². The van der Waals surface area contributed by atoms with E-state index in [4.69, 9.17) is 16.3 Å². The summed E-state index contributed by atoms with van der Waals surface area (Å²) in [6, 6.07) is 10.1. The van der Waals surface area contributed by atoms with Gasteiger partial charge in [0.15, 0.2) is 11.6 Å². The number of pyridine rings is 1. The standard InChI is InChI=1S/C20H15ClF2N4O3S/c1-11-9-14(23)18(30-16-7-3-2-5-12(16)21)17-19(11)31(28,29)27-20(26-17)25-10-15-13(22)6-4-8-24-15/h2-9H,10H2,1H3,(H2,25,26,27). The fourth-order valence-electron chi connectivity index (χ4n) is 3.02. The zero-order chi connectivity index (χ0) is 22.2. The maximum atomic E-state index is 14.8. The normalized spacial score (nSPS) is 15.7. The number of hydrogen-bond donors (Lipinski definition) is 2. The van der Waals surface area contributed by atoms with Gasteiger partial charge in [-0.05, 0) is 42.8 Å². The summed E-state index contributed by atoms with van der Waals surface area (Å²) in [6.07, 6.45) is 1.39. The van der Waals surface area contributed by atoms with E-state index in [1.165, 1.54) is 31.3 Å². The Kier molecular flexibility index (Phi) is 5.50. The first-order valence-corrected chi connectivity index (χ1v) is 10.8. The Bertz CT molecular complexity index is 1320. The SMILES string of the molecule is Cc1cc(F)c(Oc2ccccc2Cl)c2c1S(=O)(=O)NC(=NCc1ncccc1F)N2. The van der Waals surface area contributed by atoms with Crippen molar-refractivity contribution in [1.29, 1.82) is 0 Å². The highest BCUT2D eigenvalue weighted by atomic mass is 35.5. The summed E-state index contributed by atoms with van der Waals surface area (Å²) >= 11 is 6.09. The van der Waals surface area contributed by atoms with E-state index in [2.05, 4.69) is 20.0 Å². The number of aliphatic imine (C=N–C) groups is 1. The summed E-state index contributed by atoms with van der Waals surface area (Å²) in [5, 5.41) is 2.95. The highest BCUT2D eigenvalue weighted by Gasteiger charge is 2.33. The first kappa shape index (κ1) is 21.0. The number of sulfonamides is 1. The largest absolute Gasteiger partial charge is 0.450 e. The van der Waals surface area contributed by atoms with E-state index in [0.29, 0.717) is 0 Å². The molecule has 1 aromatic heterocycles. The van der Waals surface area contributed by atoms with Crippen LogP contribution in [0.5, 0.6) is 11.5 Å². The van der Waals surface area contributed by atoms with Crippen LogP contribution in [0.2, 0.25) is 5.02 Å². The number of rotatable bonds is 4.